The largest absolute Gasteiger partial charge is 0.462 e. The van der Waals surface area contributed by atoms with Crippen molar-refractivity contribution in [2.45, 2.75) is 20.5 Å². The van der Waals surface area contributed by atoms with Crippen molar-refractivity contribution in [3.05, 3.63) is 34.6 Å². The van der Waals surface area contributed by atoms with Crippen LogP contribution in [0.2, 0.25) is 0 Å². The molecule has 0 radical (unpaired) electrons. The monoisotopic (exact) mass is 276 g/mol. The molecule has 0 aliphatic heterocycles. The highest BCUT2D eigenvalue weighted by Gasteiger charge is 2.24. The second-order valence-electron chi connectivity index (χ2n) is 3.51. The van der Waals surface area contributed by atoms with Gasteiger partial charge in [0.05, 0.1) is 17.7 Å². The van der Waals surface area contributed by atoms with Gasteiger partial charge in [-0.2, -0.15) is 0 Å². The van der Waals surface area contributed by atoms with Crippen molar-refractivity contribution in [2.75, 3.05) is 6.61 Å². The topological polar surface area (TPSA) is 52.6 Å². The highest BCUT2D eigenvalue weighted by Crippen LogP contribution is 2.22. The first-order valence-corrected chi connectivity index (χ1v) is 5.35. The van der Waals surface area contributed by atoms with Gasteiger partial charge in [0.2, 0.25) is 0 Å². The minimum absolute atomic E-state index is 0.0451. The SMILES string of the molecule is CCOC(=O)c1cc(F)c(F)c(COC(C)=O)c1F. The average molecular weight is 276 g/mol. The summed E-state index contributed by atoms with van der Waals surface area (Å²) in [5.41, 5.74) is -1.58. The second-order valence-corrected chi connectivity index (χ2v) is 3.51. The fourth-order valence-corrected chi connectivity index (χ4v) is 1.31. The lowest BCUT2D eigenvalue weighted by molar-refractivity contribution is -0.142. The molecule has 0 aromatic heterocycles. The van der Waals surface area contributed by atoms with E-state index in [1.807, 2.05) is 0 Å². The Hall–Kier alpha value is -2.05. The van der Waals surface area contributed by atoms with E-state index in [1.54, 1.807) is 0 Å². The highest BCUT2D eigenvalue weighted by molar-refractivity contribution is 5.90. The Morgan fingerprint density at radius 2 is 1.79 bits per heavy atom. The molecule has 0 N–H and O–H groups in total. The van der Waals surface area contributed by atoms with Gasteiger partial charge in [-0.3, -0.25) is 4.79 Å². The molecule has 0 bridgehead atoms. The molecule has 1 aromatic carbocycles. The number of halogens is 3. The van der Waals surface area contributed by atoms with Gasteiger partial charge in [-0.05, 0) is 13.0 Å². The van der Waals surface area contributed by atoms with Crippen LogP contribution in [0.5, 0.6) is 0 Å². The second kappa shape index (κ2) is 6.21. The third-order valence-electron chi connectivity index (χ3n) is 2.16. The summed E-state index contributed by atoms with van der Waals surface area (Å²) in [7, 11) is 0. The Morgan fingerprint density at radius 3 is 2.32 bits per heavy atom. The first kappa shape index (κ1) is 15.0. The number of hydrogen-bond acceptors (Lipinski definition) is 4. The summed E-state index contributed by atoms with van der Waals surface area (Å²) in [5.74, 6) is -6.15. The molecule has 0 amide bonds. The molecule has 4 nitrogen and oxygen atoms in total. The minimum Gasteiger partial charge on any atom is -0.462 e. The van der Waals surface area contributed by atoms with Crippen LogP contribution in [0, 0.1) is 17.5 Å². The van der Waals surface area contributed by atoms with Gasteiger partial charge in [-0.1, -0.05) is 0 Å². The molecule has 0 atom stereocenters. The summed E-state index contributed by atoms with van der Waals surface area (Å²) in [6.45, 7) is 1.66. The zero-order valence-corrected chi connectivity index (χ0v) is 10.3. The summed E-state index contributed by atoms with van der Waals surface area (Å²) < 4.78 is 49.4. The zero-order valence-electron chi connectivity index (χ0n) is 10.3. The van der Waals surface area contributed by atoms with Crippen molar-refractivity contribution in [3.8, 4) is 0 Å². The Labute approximate surface area is 107 Å². The number of carbonyl (C=O) groups excluding carboxylic acids is 2. The van der Waals surface area contributed by atoms with Gasteiger partial charge in [0.25, 0.3) is 0 Å². The van der Waals surface area contributed by atoms with Gasteiger partial charge in [0.15, 0.2) is 11.6 Å². The Kier molecular flexibility index (Phi) is 4.91. The number of benzene rings is 1. The summed E-state index contributed by atoms with van der Waals surface area (Å²) in [6, 6.07) is 0.403. The molecule has 0 heterocycles. The Bertz CT molecular complexity index is 514. The van der Waals surface area contributed by atoms with Crippen LogP contribution in [-0.2, 0) is 20.9 Å². The number of carbonyl (C=O) groups is 2. The normalized spacial score (nSPS) is 10.2. The predicted molar refractivity (Wildman–Crippen MR) is 57.7 cm³/mol. The number of ether oxygens (including phenoxy) is 2. The van der Waals surface area contributed by atoms with Crippen LogP contribution in [0.15, 0.2) is 6.07 Å². The third kappa shape index (κ3) is 3.46. The predicted octanol–water partition coefficient (Wildman–Crippen LogP) is 2.34. The summed E-state index contributed by atoms with van der Waals surface area (Å²) >= 11 is 0. The van der Waals surface area contributed by atoms with E-state index in [0.717, 1.165) is 6.92 Å². The van der Waals surface area contributed by atoms with Gasteiger partial charge in [-0.25, -0.2) is 18.0 Å². The van der Waals surface area contributed by atoms with E-state index in [0.29, 0.717) is 6.07 Å². The molecule has 0 unspecified atom stereocenters. The first-order chi connectivity index (χ1) is 8.88. The standard InChI is InChI=1S/C12H11F3O4/c1-3-18-12(17)7-4-9(13)11(15)8(10(7)14)5-19-6(2)16/h4H,3,5H2,1-2H3. The lowest BCUT2D eigenvalue weighted by atomic mass is 10.1. The molecule has 0 spiro atoms. The van der Waals surface area contributed by atoms with Crippen LogP contribution in [-0.4, -0.2) is 18.5 Å². The van der Waals surface area contributed by atoms with E-state index in [2.05, 4.69) is 9.47 Å². The molecule has 19 heavy (non-hydrogen) atoms. The molecular formula is C12H11F3O4. The van der Waals surface area contributed by atoms with Crippen molar-refractivity contribution >= 4 is 11.9 Å². The molecule has 0 saturated carbocycles. The molecule has 7 heteroatoms. The summed E-state index contributed by atoms with van der Waals surface area (Å²) in [5, 5.41) is 0. The van der Waals surface area contributed by atoms with Gasteiger partial charge in [-0.15, -0.1) is 0 Å². The Balaban J connectivity index is 3.21. The van der Waals surface area contributed by atoms with Crippen LogP contribution < -0.4 is 0 Å². The smallest absolute Gasteiger partial charge is 0.341 e. The minimum atomic E-state index is -1.51. The molecule has 0 saturated heterocycles. The lowest BCUT2D eigenvalue weighted by Crippen LogP contribution is -2.13. The maximum Gasteiger partial charge on any atom is 0.341 e. The van der Waals surface area contributed by atoms with Crippen molar-refractivity contribution < 1.29 is 32.2 Å². The fraction of sp³-hybridized carbons (Fsp3) is 0.333. The highest BCUT2D eigenvalue weighted by atomic mass is 19.2. The van der Waals surface area contributed by atoms with Crippen molar-refractivity contribution in [2.24, 2.45) is 0 Å². The van der Waals surface area contributed by atoms with E-state index in [4.69, 9.17) is 0 Å². The average Bonchev–Trinajstić information content (AvgIpc) is 2.33. The zero-order chi connectivity index (χ0) is 14.6. The third-order valence-corrected chi connectivity index (χ3v) is 2.16. The van der Waals surface area contributed by atoms with E-state index >= 15 is 0 Å². The number of rotatable bonds is 4. The summed E-state index contributed by atoms with van der Waals surface area (Å²) in [4.78, 5) is 22.0. The quantitative estimate of drug-likeness (QED) is 0.625. The van der Waals surface area contributed by atoms with Crippen LogP contribution >= 0.6 is 0 Å². The van der Waals surface area contributed by atoms with Crippen molar-refractivity contribution in [3.63, 3.8) is 0 Å². The van der Waals surface area contributed by atoms with Gasteiger partial charge >= 0.3 is 11.9 Å². The number of esters is 2. The molecule has 0 aliphatic carbocycles. The van der Waals surface area contributed by atoms with Gasteiger partial charge in [0, 0.05) is 6.92 Å². The Morgan fingerprint density at radius 1 is 1.16 bits per heavy atom. The summed E-state index contributed by atoms with van der Waals surface area (Å²) in [6.07, 6.45) is 0. The van der Waals surface area contributed by atoms with E-state index in [-0.39, 0.29) is 6.61 Å². The van der Waals surface area contributed by atoms with E-state index in [9.17, 15) is 22.8 Å². The molecule has 0 aliphatic rings. The molecule has 0 fully saturated rings. The molecular weight excluding hydrogens is 265 g/mol. The maximum atomic E-state index is 13.8. The van der Waals surface area contributed by atoms with Crippen LogP contribution in [0.25, 0.3) is 0 Å². The lowest BCUT2D eigenvalue weighted by Gasteiger charge is -2.10. The van der Waals surface area contributed by atoms with Crippen molar-refractivity contribution in [1.82, 2.24) is 0 Å². The fourth-order valence-electron chi connectivity index (χ4n) is 1.31. The van der Waals surface area contributed by atoms with Crippen LogP contribution in [0.3, 0.4) is 0 Å². The molecule has 1 rings (SSSR count). The molecule has 1 aromatic rings. The van der Waals surface area contributed by atoms with Gasteiger partial charge < -0.3 is 9.47 Å². The van der Waals surface area contributed by atoms with Crippen LogP contribution in [0.4, 0.5) is 13.2 Å². The van der Waals surface area contributed by atoms with Crippen LogP contribution in [0.1, 0.15) is 29.8 Å². The maximum absolute atomic E-state index is 13.8. The molecule has 104 valence electrons. The van der Waals surface area contributed by atoms with E-state index < -0.39 is 47.1 Å². The first-order valence-electron chi connectivity index (χ1n) is 5.35. The van der Waals surface area contributed by atoms with Gasteiger partial charge in [0.1, 0.15) is 12.4 Å². The number of hydrogen-bond donors (Lipinski definition) is 0. The van der Waals surface area contributed by atoms with E-state index in [1.165, 1.54) is 6.92 Å². The van der Waals surface area contributed by atoms with Crippen molar-refractivity contribution in [1.29, 1.82) is 0 Å².